The van der Waals surface area contributed by atoms with E-state index in [9.17, 15) is 4.79 Å². The number of aromatic nitrogens is 1. The summed E-state index contributed by atoms with van der Waals surface area (Å²) >= 11 is 1.42. The van der Waals surface area contributed by atoms with Crippen molar-refractivity contribution in [2.75, 3.05) is 26.9 Å². The third-order valence-corrected chi connectivity index (χ3v) is 6.26. The summed E-state index contributed by atoms with van der Waals surface area (Å²) in [6.45, 7) is 3.99. The molecule has 2 aromatic rings. The van der Waals surface area contributed by atoms with Crippen LogP contribution in [-0.2, 0) is 0 Å². The van der Waals surface area contributed by atoms with Gasteiger partial charge in [-0.1, -0.05) is 0 Å². The van der Waals surface area contributed by atoms with Crippen molar-refractivity contribution in [3.8, 4) is 22.1 Å². The lowest BCUT2D eigenvalue weighted by Crippen LogP contribution is -2.31. The second kappa shape index (κ2) is 7.25. The minimum Gasteiger partial charge on any atom is -0.454 e. The minimum atomic E-state index is -0.0346. The molecule has 0 spiro atoms. The van der Waals surface area contributed by atoms with Crippen LogP contribution in [0, 0.1) is 6.92 Å². The molecule has 1 amide bonds. The summed E-state index contributed by atoms with van der Waals surface area (Å²) in [6.07, 6.45) is 3.47. The first kappa shape index (κ1) is 17.3. The molecule has 1 N–H and O–H groups in total. The number of rotatable bonds is 5. The van der Waals surface area contributed by atoms with Crippen molar-refractivity contribution in [3.63, 3.8) is 0 Å². The normalized spacial score (nSPS) is 19.1. The molecule has 1 aromatic heterocycles. The minimum absolute atomic E-state index is 0.0346. The quantitative estimate of drug-likeness (QED) is 0.873. The number of thiazole rings is 1. The van der Waals surface area contributed by atoms with Gasteiger partial charge in [0.2, 0.25) is 6.79 Å². The number of fused-ring (bicyclic) bond motifs is 1. The average molecular weight is 373 g/mol. The fourth-order valence-electron chi connectivity index (χ4n) is 3.54. The largest absolute Gasteiger partial charge is 0.454 e. The molecule has 0 bridgehead atoms. The van der Waals surface area contributed by atoms with Gasteiger partial charge in [-0.05, 0) is 58.0 Å². The summed E-state index contributed by atoms with van der Waals surface area (Å²) < 4.78 is 10.8. The number of likely N-dealkylation sites (tertiary alicyclic amines) is 1. The summed E-state index contributed by atoms with van der Waals surface area (Å²) in [4.78, 5) is 20.2. The Labute approximate surface area is 157 Å². The third-order valence-electron chi connectivity index (χ3n) is 5.06. The van der Waals surface area contributed by atoms with Crippen LogP contribution in [0.15, 0.2) is 18.2 Å². The number of hydrogen-bond acceptors (Lipinski definition) is 6. The van der Waals surface area contributed by atoms with Gasteiger partial charge in [0.15, 0.2) is 11.5 Å². The Morgan fingerprint density at radius 1 is 1.38 bits per heavy atom. The van der Waals surface area contributed by atoms with E-state index in [-0.39, 0.29) is 12.7 Å². The Kier molecular flexibility index (Phi) is 4.82. The van der Waals surface area contributed by atoms with E-state index in [1.165, 1.54) is 24.2 Å². The Hall–Kier alpha value is -2.12. The lowest BCUT2D eigenvalue weighted by molar-refractivity contribution is 0.0953. The van der Waals surface area contributed by atoms with E-state index in [1.807, 2.05) is 25.1 Å². The standard InChI is InChI=1S/C19H23N3O3S/c1-12-17(18(23)20-8-7-14-4-3-9-22(14)2)26-19(21-12)13-5-6-15-16(10-13)25-11-24-15/h5-6,10,14H,3-4,7-9,11H2,1-2H3,(H,20,23). The molecular weight excluding hydrogens is 350 g/mol. The number of ether oxygens (including phenoxy) is 2. The molecule has 0 saturated carbocycles. The monoisotopic (exact) mass is 373 g/mol. The SMILES string of the molecule is Cc1nc(-c2ccc3c(c2)OCO3)sc1C(=O)NCCC1CCCN1C. The van der Waals surface area contributed by atoms with Crippen molar-refractivity contribution < 1.29 is 14.3 Å². The maximum Gasteiger partial charge on any atom is 0.263 e. The highest BCUT2D eigenvalue weighted by Gasteiger charge is 2.22. The zero-order valence-electron chi connectivity index (χ0n) is 15.1. The summed E-state index contributed by atoms with van der Waals surface area (Å²) in [5, 5.41) is 3.87. The van der Waals surface area contributed by atoms with Gasteiger partial charge in [0.1, 0.15) is 9.88 Å². The van der Waals surface area contributed by atoms with Gasteiger partial charge in [0.05, 0.1) is 5.69 Å². The molecule has 2 aliphatic heterocycles. The number of carbonyl (C=O) groups excluding carboxylic acids is 1. The van der Waals surface area contributed by atoms with Gasteiger partial charge in [-0.2, -0.15) is 0 Å². The zero-order chi connectivity index (χ0) is 18.1. The maximum absolute atomic E-state index is 12.6. The van der Waals surface area contributed by atoms with Crippen LogP contribution in [0.3, 0.4) is 0 Å². The molecule has 26 heavy (non-hydrogen) atoms. The first-order valence-electron chi connectivity index (χ1n) is 8.97. The van der Waals surface area contributed by atoms with Crippen molar-refractivity contribution >= 4 is 17.2 Å². The topological polar surface area (TPSA) is 63.7 Å². The van der Waals surface area contributed by atoms with E-state index in [0.29, 0.717) is 17.5 Å². The lowest BCUT2D eigenvalue weighted by Gasteiger charge is -2.19. The Morgan fingerprint density at radius 2 is 2.23 bits per heavy atom. The zero-order valence-corrected chi connectivity index (χ0v) is 15.9. The highest BCUT2D eigenvalue weighted by atomic mass is 32.1. The van der Waals surface area contributed by atoms with Gasteiger partial charge in [-0.3, -0.25) is 4.79 Å². The molecule has 0 radical (unpaired) electrons. The number of amides is 1. The molecule has 1 fully saturated rings. The van der Waals surface area contributed by atoms with Gasteiger partial charge >= 0.3 is 0 Å². The maximum atomic E-state index is 12.6. The van der Waals surface area contributed by atoms with Crippen molar-refractivity contribution in [1.82, 2.24) is 15.2 Å². The summed E-state index contributed by atoms with van der Waals surface area (Å²) in [6, 6.07) is 6.33. The molecule has 2 aliphatic rings. The van der Waals surface area contributed by atoms with Crippen molar-refractivity contribution in [1.29, 1.82) is 0 Å². The first-order valence-corrected chi connectivity index (χ1v) is 9.79. The van der Waals surface area contributed by atoms with Gasteiger partial charge in [0, 0.05) is 18.2 Å². The molecule has 7 heteroatoms. The molecule has 3 heterocycles. The van der Waals surface area contributed by atoms with Crippen LogP contribution >= 0.6 is 11.3 Å². The molecule has 1 atom stereocenters. The number of nitrogens with zero attached hydrogens (tertiary/aromatic N) is 2. The summed E-state index contributed by atoms with van der Waals surface area (Å²) in [7, 11) is 2.16. The first-order chi connectivity index (χ1) is 12.6. The van der Waals surface area contributed by atoms with Crippen LogP contribution in [0.1, 0.15) is 34.6 Å². The lowest BCUT2D eigenvalue weighted by atomic mass is 10.1. The molecule has 1 aromatic carbocycles. The van der Waals surface area contributed by atoms with Crippen LogP contribution in [0.5, 0.6) is 11.5 Å². The molecular formula is C19H23N3O3S. The highest BCUT2D eigenvalue weighted by Crippen LogP contribution is 2.37. The number of carbonyl (C=O) groups is 1. The molecule has 1 unspecified atom stereocenters. The fraction of sp³-hybridized carbons (Fsp3) is 0.474. The molecule has 1 saturated heterocycles. The molecule has 0 aliphatic carbocycles. The second-order valence-corrected chi connectivity index (χ2v) is 7.82. The second-order valence-electron chi connectivity index (χ2n) is 6.82. The molecule has 4 rings (SSSR count). The van der Waals surface area contributed by atoms with Gasteiger partial charge in [-0.25, -0.2) is 4.98 Å². The average Bonchev–Trinajstić information content (AvgIpc) is 3.34. The van der Waals surface area contributed by atoms with E-state index >= 15 is 0 Å². The number of aryl methyl sites for hydroxylation is 1. The third kappa shape index (κ3) is 3.41. The van der Waals surface area contributed by atoms with Crippen LogP contribution < -0.4 is 14.8 Å². The molecule has 6 nitrogen and oxygen atoms in total. The van der Waals surface area contributed by atoms with Crippen LogP contribution in [0.2, 0.25) is 0 Å². The Balaban J connectivity index is 1.42. The molecule has 138 valence electrons. The van der Waals surface area contributed by atoms with E-state index < -0.39 is 0 Å². The van der Waals surface area contributed by atoms with E-state index in [2.05, 4.69) is 22.2 Å². The van der Waals surface area contributed by atoms with Crippen LogP contribution in [0.4, 0.5) is 0 Å². The Morgan fingerprint density at radius 3 is 3.04 bits per heavy atom. The van der Waals surface area contributed by atoms with Crippen LogP contribution in [0.25, 0.3) is 10.6 Å². The number of benzene rings is 1. The van der Waals surface area contributed by atoms with Crippen LogP contribution in [-0.4, -0.2) is 48.8 Å². The van der Waals surface area contributed by atoms with Crippen molar-refractivity contribution in [3.05, 3.63) is 28.8 Å². The van der Waals surface area contributed by atoms with Gasteiger partial charge in [0.25, 0.3) is 5.91 Å². The predicted molar refractivity (Wildman–Crippen MR) is 101 cm³/mol. The van der Waals surface area contributed by atoms with E-state index in [0.717, 1.165) is 40.7 Å². The fourth-order valence-corrected chi connectivity index (χ4v) is 4.52. The smallest absolute Gasteiger partial charge is 0.263 e. The van der Waals surface area contributed by atoms with E-state index in [1.54, 1.807) is 0 Å². The van der Waals surface area contributed by atoms with Crippen molar-refractivity contribution in [2.24, 2.45) is 0 Å². The van der Waals surface area contributed by atoms with Gasteiger partial charge in [-0.15, -0.1) is 11.3 Å². The van der Waals surface area contributed by atoms with Crippen molar-refractivity contribution in [2.45, 2.75) is 32.2 Å². The summed E-state index contributed by atoms with van der Waals surface area (Å²) in [5.41, 5.74) is 1.70. The Bertz CT molecular complexity index is 820. The van der Waals surface area contributed by atoms with Gasteiger partial charge < -0.3 is 19.7 Å². The summed E-state index contributed by atoms with van der Waals surface area (Å²) in [5.74, 6) is 1.44. The predicted octanol–water partition coefficient (Wildman–Crippen LogP) is 3.06. The number of hydrogen-bond donors (Lipinski definition) is 1. The number of nitrogens with one attached hydrogen (secondary N) is 1. The van der Waals surface area contributed by atoms with E-state index in [4.69, 9.17) is 9.47 Å². The highest BCUT2D eigenvalue weighted by molar-refractivity contribution is 7.17.